The number of carbonyl (C=O) groups excluding carboxylic acids is 2. The molecule has 1 saturated heterocycles. The smallest absolute Gasteiger partial charge is 0.229 e. The number of pyridine rings is 1. The maximum atomic E-state index is 11.8. The molecule has 2 amide bonds. The van der Waals surface area contributed by atoms with E-state index in [9.17, 15) is 9.59 Å². The molecular formula is C11H13N3O2. The van der Waals surface area contributed by atoms with E-state index in [0.29, 0.717) is 18.8 Å². The molecule has 1 unspecified atom stereocenters. The first-order chi connectivity index (χ1) is 7.75. The van der Waals surface area contributed by atoms with Crippen molar-refractivity contribution in [2.45, 2.75) is 12.8 Å². The number of piperidine rings is 1. The first kappa shape index (κ1) is 10.6. The lowest BCUT2D eigenvalue weighted by molar-refractivity contribution is -0.129. The van der Waals surface area contributed by atoms with Crippen LogP contribution >= 0.6 is 0 Å². The maximum absolute atomic E-state index is 11.8. The van der Waals surface area contributed by atoms with Gasteiger partial charge in [-0.1, -0.05) is 6.07 Å². The van der Waals surface area contributed by atoms with Crippen LogP contribution in [0.3, 0.4) is 0 Å². The fraction of sp³-hybridized carbons (Fsp3) is 0.364. The van der Waals surface area contributed by atoms with Crippen LogP contribution in [0.1, 0.15) is 12.8 Å². The average molecular weight is 219 g/mol. The second-order valence-corrected chi connectivity index (χ2v) is 3.74. The van der Waals surface area contributed by atoms with Crippen molar-refractivity contribution in [2.75, 3.05) is 11.9 Å². The molecule has 0 spiro atoms. The molecule has 0 aliphatic carbocycles. The van der Waals surface area contributed by atoms with E-state index in [0.717, 1.165) is 0 Å². The van der Waals surface area contributed by atoms with Gasteiger partial charge in [-0.15, -0.1) is 0 Å². The van der Waals surface area contributed by atoms with Gasteiger partial charge in [-0.2, -0.15) is 0 Å². The molecule has 1 aliphatic heterocycles. The number of anilines is 1. The number of hydrogen-bond donors (Lipinski definition) is 2. The fourth-order valence-corrected chi connectivity index (χ4v) is 1.67. The summed E-state index contributed by atoms with van der Waals surface area (Å²) < 4.78 is 0. The van der Waals surface area contributed by atoms with Gasteiger partial charge in [0.15, 0.2) is 0 Å². The Morgan fingerprint density at radius 2 is 2.38 bits per heavy atom. The summed E-state index contributed by atoms with van der Waals surface area (Å²) in [5, 5.41) is 5.40. The van der Waals surface area contributed by atoms with E-state index in [1.54, 1.807) is 24.4 Å². The highest BCUT2D eigenvalue weighted by molar-refractivity contribution is 5.95. The molecule has 1 aromatic heterocycles. The number of nitrogens with one attached hydrogen (secondary N) is 2. The minimum Gasteiger partial charge on any atom is -0.356 e. The lowest BCUT2D eigenvalue weighted by Gasteiger charge is -2.20. The van der Waals surface area contributed by atoms with Gasteiger partial charge in [0.1, 0.15) is 5.82 Å². The van der Waals surface area contributed by atoms with Crippen LogP contribution in [-0.2, 0) is 9.59 Å². The summed E-state index contributed by atoms with van der Waals surface area (Å²) in [4.78, 5) is 26.9. The monoisotopic (exact) mass is 219 g/mol. The Morgan fingerprint density at radius 1 is 1.50 bits per heavy atom. The van der Waals surface area contributed by atoms with Gasteiger partial charge < -0.3 is 10.6 Å². The summed E-state index contributed by atoms with van der Waals surface area (Å²) in [5.41, 5.74) is 0. The molecule has 84 valence electrons. The van der Waals surface area contributed by atoms with E-state index in [-0.39, 0.29) is 24.2 Å². The Bertz CT molecular complexity index is 391. The van der Waals surface area contributed by atoms with Crippen LogP contribution in [0.2, 0.25) is 0 Å². The predicted molar refractivity (Wildman–Crippen MR) is 58.6 cm³/mol. The van der Waals surface area contributed by atoms with Crippen LogP contribution < -0.4 is 10.6 Å². The van der Waals surface area contributed by atoms with E-state index >= 15 is 0 Å². The van der Waals surface area contributed by atoms with E-state index in [4.69, 9.17) is 0 Å². The number of aromatic nitrogens is 1. The van der Waals surface area contributed by atoms with Gasteiger partial charge in [0.25, 0.3) is 0 Å². The Morgan fingerprint density at radius 3 is 3.06 bits per heavy atom. The van der Waals surface area contributed by atoms with Gasteiger partial charge in [0.2, 0.25) is 11.8 Å². The van der Waals surface area contributed by atoms with E-state index < -0.39 is 0 Å². The number of nitrogens with zero attached hydrogens (tertiary/aromatic N) is 1. The molecule has 2 N–H and O–H groups in total. The van der Waals surface area contributed by atoms with E-state index in [2.05, 4.69) is 15.6 Å². The second-order valence-electron chi connectivity index (χ2n) is 3.74. The molecule has 2 heterocycles. The Labute approximate surface area is 93.3 Å². The third kappa shape index (κ3) is 2.56. The highest BCUT2D eigenvalue weighted by Crippen LogP contribution is 2.14. The van der Waals surface area contributed by atoms with E-state index in [1.807, 2.05) is 0 Å². The van der Waals surface area contributed by atoms with Gasteiger partial charge in [0.05, 0.1) is 0 Å². The maximum Gasteiger partial charge on any atom is 0.229 e. The number of carbonyl (C=O) groups is 2. The van der Waals surface area contributed by atoms with Crippen molar-refractivity contribution in [3.05, 3.63) is 24.4 Å². The summed E-state index contributed by atoms with van der Waals surface area (Å²) in [6, 6.07) is 5.31. The van der Waals surface area contributed by atoms with Gasteiger partial charge in [0, 0.05) is 25.1 Å². The Hall–Kier alpha value is -1.91. The zero-order valence-electron chi connectivity index (χ0n) is 8.77. The van der Waals surface area contributed by atoms with Gasteiger partial charge in [-0.25, -0.2) is 4.98 Å². The largest absolute Gasteiger partial charge is 0.356 e. The average Bonchev–Trinajstić information content (AvgIpc) is 2.30. The van der Waals surface area contributed by atoms with Crippen molar-refractivity contribution in [1.82, 2.24) is 10.3 Å². The molecule has 5 heteroatoms. The first-order valence-corrected chi connectivity index (χ1v) is 5.24. The lowest BCUT2D eigenvalue weighted by Crippen LogP contribution is -2.38. The minimum atomic E-state index is -0.240. The predicted octanol–water partition coefficient (Wildman–Crippen LogP) is 0.546. The van der Waals surface area contributed by atoms with Crippen LogP contribution in [0.25, 0.3) is 0 Å². The molecular weight excluding hydrogens is 206 g/mol. The van der Waals surface area contributed by atoms with Crippen molar-refractivity contribution >= 4 is 17.6 Å². The van der Waals surface area contributed by atoms with Crippen LogP contribution in [0.5, 0.6) is 0 Å². The molecule has 0 bridgehead atoms. The Balaban J connectivity index is 1.95. The van der Waals surface area contributed by atoms with Crippen molar-refractivity contribution < 1.29 is 9.59 Å². The summed E-state index contributed by atoms with van der Waals surface area (Å²) in [7, 11) is 0. The van der Waals surface area contributed by atoms with Gasteiger partial charge in [-0.05, 0) is 18.6 Å². The van der Waals surface area contributed by atoms with E-state index in [1.165, 1.54) is 0 Å². The van der Waals surface area contributed by atoms with Gasteiger partial charge >= 0.3 is 0 Å². The number of rotatable bonds is 2. The standard InChI is InChI=1S/C11H13N3O2/c15-10-7-8(4-6-13-10)11(16)14-9-3-1-2-5-12-9/h1-3,5,8H,4,6-7H2,(H,13,15)(H,12,14,16). The van der Waals surface area contributed by atoms with Crippen LogP contribution in [0.15, 0.2) is 24.4 Å². The molecule has 0 saturated carbocycles. The van der Waals surface area contributed by atoms with Crippen LogP contribution in [0, 0.1) is 5.92 Å². The van der Waals surface area contributed by atoms with Crippen molar-refractivity contribution in [3.63, 3.8) is 0 Å². The summed E-state index contributed by atoms with van der Waals surface area (Å²) in [6.07, 6.45) is 2.56. The minimum absolute atomic E-state index is 0.0626. The van der Waals surface area contributed by atoms with Crippen LogP contribution in [0.4, 0.5) is 5.82 Å². The summed E-state index contributed by atoms with van der Waals surface area (Å²) in [5.74, 6) is 0.0928. The molecule has 1 aromatic rings. The molecule has 1 aliphatic rings. The number of hydrogen-bond acceptors (Lipinski definition) is 3. The highest BCUT2D eigenvalue weighted by atomic mass is 16.2. The molecule has 0 aromatic carbocycles. The zero-order valence-corrected chi connectivity index (χ0v) is 8.77. The van der Waals surface area contributed by atoms with Crippen LogP contribution in [-0.4, -0.2) is 23.3 Å². The highest BCUT2D eigenvalue weighted by Gasteiger charge is 2.25. The molecule has 0 radical (unpaired) electrons. The third-order valence-electron chi connectivity index (χ3n) is 2.53. The van der Waals surface area contributed by atoms with Crippen molar-refractivity contribution in [2.24, 2.45) is 5.92 Å². The SMILES string of the molecule is O=C1CC(C(=O)Nc2ccccn2)CCN1. The zero-order chi connectivity index (χ0) is 11.4. The molecule has 1 atom stereocenters. The first-order valence-electron chi connectivity index (χ1n) is 5.24. The third-order valence-corrected chi connectivity index (χ3v) is 2.53. The fourth-order valence-electron chi connectivity index (χ4n) is 1.67. The molecule has 2 rings (SSSR count). The lowest BCUT2D eigenvalue weighted by atomic mass is 9.97. The summed E-state index contributed by atoms with van der Waals surface area (Å²) >= 11 is 0. The molecule has 1 fully saturated rings. The van der Waals surface area contributed by atoms with Crippen molar-refractivity contribution in [1.29, 1.82) is 0 Å². The summed E-state index contributed by atoms with van der Waals surface area (Å²) in [6.45, 7) is 0.569. The van der Waals surface area contributed by atoms with Gasteiger partial charge in [-0.3, -0.25) is 9.59 Å². The topological polar surface area (TPSA) is 71.1 Å². The number of amides is 2. The molecule has 16 heavy (non-hydrogen) atoms. The Kier molecular flexibility index (Phi) is 3.14. The quantitative estimate of drug-likeness (QED) is 0.762. The normalized spacial score (nSPS) is 20.0. The second kappa shape index (κ2) is 4.74. The molecule has 5 nitrogen and oxygen atoms in total. The van der Waals surface area contributed by atoms with Crippen molar-refractivity contribution in [3.8, 4) is 0 Å².